The first-order valence-corrected chi connectivity index (χ1v) is 41.2. The number of benzene rings is 3. The van der Waals surface area contributed by atoms with Crippen LogP contribution in [0, 0.1) is 28.1 Å². The Kier molecular flexibility index (Phi) is 37.2. The van der Waals surface area contributed by atoms with Crippen molar-refractivity contribution in [2.75, 3.05) is 52.6 Å². The van der Waals surface area contributed by atoms with Crippen molar-refractivity contribution in [3.63, 3.8) is 0 Å². The number of cyclic esters (lactones) is 1. The highest BCUT2D eigenvalue weighted by atomic mass is 79.9. The van der Waals surface area contributed by atoms with Crippen molar-refractivity contribution in [1.29, 1.82) is 16.2 Å². The summed E-state index contributed by atoms with van der Waals surface area (Å²) in [6, 6.07) is 1.71. The number of aliphatic hydroxyl groups is 13. The van der Waals surface area contributed by atoms with Gasteiger partial charge in [0.15, 0.2) is 36.2 Å². The number of carbonyl (C=O) groups is 5. The second-order valence-corrected chi connectivity index (χ2v) is 32.4. The van der Waals surface area contributed by atoms with Crippen molar-refractivity contribution in [3.8, 4) is 0 Å². The topological polar surface area (TPSA) is 674 Å². The molecule has 122 heavy (non-hydrogen) atoms. The summed E-state index contributed by atoms with van der Waals surface area (Å²) in [5.41, 5.74) is 7.73. The van der Waals surface area contributed by atoms with Crippen LogP contribution in [-0.4, -0.2) is 348 Å². The van der Waals surface area contributed by atoms with Crippen molar-refractivity contribution in [2.24, 2.45) is 67.5 Å². The molecule has 1 fully saturated rings. The third-order valence-electron chi connectivity index (χ3n) is 19.6. The number of halogens is 1. The summed E-state index contributed by atoms with van der Waals surface area (Å²) in [4.78, 5) is 121. The van der Waals surface area contributed by atoms with Crippen LogP contribution in [-0.2, 0) is 58.1 Å². The number of para-hydroxylation sites is 1. The Morgan fingerprint density at radius 3 is 1.95 bits per heavy atom. The Morgan fingerprint density at radius 2 is 1.34 bits per heavy atom. The minimum Gasteiger partial charge on any atom is -0.499 e. The number of carbonyl (C=O) groups excluding carboxylic acids is 5. The molecule has 1 aromatic heterocycles. The normalized spacial score (nSPS) is 21.4. The predicted octanol–water partition coefficient (Wildman–Crippen LogP) is 5.60. The molecule has 1 saturated heterocycles. The fourth-order valence-electron chi connectivity index (χ4n) is 13.0. The molecule has 42 nitrogen and oxygen atoms in total. The van der Waals surface area contributed by atoms with Crippen molar-refractivity contribution in [1.82, 2.24) is 29.9 Å². The predicted molar refractivity (Wildman–Crippen MR) is 463 cm³/mol. The van der Waals surface area contributed by atoms with Gasteiger partial charge in [0.05, 0.1) is 12.6 Å². The Hall–Kier alpha value is -12.2. The molecule has 0 aliphatic carbocycles. The van der Waals surface area contributed by atoms with Crippen LogP contribution >= 0.6 is 15.9 Å². The van der Waals surface area contributed by atoms with Gasteiger partial charge in [-0.3, -0.25) is 44.8 Å². The van der Waals surface area contributed by atoms with Crippen LogP contribution < -0.4 is 11.1 Å². The zero-order valence-electron chi connectivity index (χ0n) is 68.7. The Bertz CT molecular complexity index is 4770. The lowest BCUT2D eigenvalue weighted by Crippen LogP contribution is -2.51. The lowest BCUT2D eigenvalue weighted by atomic mass is 10.0. The second kappa shape index (κ2) is 46.0. The van der Waals surface area contributed by atoms with Gasteiger partial charge in [-0.2, -0.15) is 8.42 Å². The summed E-state index contributed by atoms with van der Waals surface area (Å²) in [6.45, 7) is 7.02. The smallest absolute Gasteiger partial charge is 0.325 e. The van der Waals surface area contributed by atoms with Crippen molar-refractivity contribution in [2.45, 2.75) is 191 Å². The monoisotopic (exact) mass is 1790 g/mol. The largest absolute Gasteiger partial charge is 0.499 e. The zero-order valence-corrected chi connectivity index (χ0v) is 71.1. The van der Waals surface area contributed by atoms with Gasteiger partial charge < -0.3 is 107 Å². The van der Waals surface area contributed by atoms with Gasteiger partial charge in [0.2, 0.25) is 64.9 Å². The molecular formula is C78H109BrN20O22S. The number of esters is 1. The SMILES string of the molecule is CC(N=CO)C(O)=NC(Cc1ccc(Br)cc1)C(=O)N1CCCC1C(O)=NC(C(O)=NC(C(O)=NC(Cc1c[nH]c2ccccc12)C(O)=NC(CCCNC(=N)N)C(O)=NC(CS(=O)(=O)O)C(O)=NC1C(=O)N(C)C(CCC(=N)O)C(O)=NC(Cc2ccccc2)C(O)=NC(C(C)O)C(=O)N(CC(=N)O)CC(=O)N(C)CC(=O)OC1C)C(C)C)C(C)C. The van der Waals surface area contributed by atoms with Gasteiger partial charge in [-0.05, 0) is 99.6 Å². The maximum atomic E-state index is 15.3. The highest BCUT2D eigenvalue weighted by Gasteiger charge is 2.42. The van der Waals surface area contributed by atoms with E-state index in [2.05, 4.69) is 76.2 Å². The van der Waals surface area contributed by atoms with E-state index < -0.39 is 252 Å². The summed E-state index contributed by atoms with van der Waals surface area (Å²) in [7, 11) is -3.35. The lowest BCUT2D eigenvalue weighted by Gasteiger charge is -2.31. The third kappa shape index (κ3) is 29.6. The number of aliphatic hydroxyl groups excluding tert-OH is 13. The van der Waals surface area contributed by atoms with E-state index in [1.165, 1.54) is 11.8 Å². The van der Waals surface area contributed by atoms with Gasteiger partial charge in [-0.1, -0.05) is 104 Å². The number of H-pyrrole nitrogens is 1. The summed E-state index contributed by atoms with van der Waals surface area (Å²) < 4.78 is 43.1. The van der Waals surface area contributed by atoms with Crippen LogP contribution in [0.2, 0.25) is 0 Å². The number of aromatic amines is 1. The van der Waals surface area contributed by atoms with Crippen LogP contribution in [0.5, 0.6) is 0 Å². The number of ether oxygens (including phenoxy) is 1. The third-order valence-corrected chi connectivity index (χ3v) is 20.9. The van der Waals surface area contributed by atoms with Gasteiger partial charge in [0.1, 0.15) is 85.4 Å². The van der Waals surface area contributed by atoms with Crippen LogP contribution in [0.3, 0.4) is 0 Å². The molecule has 0 spiro atoms. The molecule has 44 heteroatoms. The molecule has 4 aromatic rings. The molecule has 2 aliphatic heterocycles. The molecule has 2 aliphatic rings. The van der Waals surface area contributed by atoms with Gasteiger partial charge in [0, 0.05) is 74.4 Å². The molecule has 666 valence electrons. The molecule has 21 N–H and O–H groups in total. The van der Waals surface area contributed by atoms with E-state index in [-0.39, 0.29) is 45.2 Å². The summed E-state index contributed by atoms with van der Waals surface area (Å²) >= 11 is 3.40. The Morgan fingerprint density at radius 1 is 0.730 bits per heavy atom. The lowest BCUT2D eigenvalue weighted by molar-refractivity contribution is -0.155. The number of nitrogens with two attached hydrogens (primary N) is 1. The minimum absolute atomic E-state index is 0.000900. The number of nitrogens with one attached hydrogen (secondary N) is 5. The van der Waals surface area contributed by atoms with E-state index in [1.54, 1.807) is 113 Å². The number of likely N-dealkylation sites (N-methyl/N-ethyl adjacent to an activating group) is 2. The molecule has 3 heterocycles. The summed E-state index contributed by atoms with van der Waals surface area (Å²) in [5.74, 6) is -20.0. The number of aliphatic imine (C=N–C) groups is 10. The van der Waals surface area contributed by atoms with Crippen LogP contribution in [0.1, 0.15) is 104 Å². The fourth-order valence-corrected chi connectivity index (χ4v) is 13.9. The average molecular weight is 1790 g/mol. The number of amides is 4. The van der Waals surface area contributed by atoms with Gasteiger partial charge >= 0.3 is 5.97 Å². The highest BCUT2D eigenvalue weighted by molar-refractivity contribution is 9.10. The number of hydrogen-bond acceptors (Lipinski definition) is 22. The van der Waals surface area contributed by atoms with E-state index in [9.17, 15) is 98.5 Å². The van der Waals surface area contributed by atoms with Gasteiger partial charge in [0.25, 0.3) is 21.9 Å². The number of rotatable bonds is 36. The Labute approximate surface area is 711 Å². The number of fused-ring (bicyclic) bond motifs is 1. The molecular weight excluding hydrogens is 1680 g/mol. The van der Waals surface area contributed by atoms with Gasteiger partial charge in [-0.25, -0.2) is 49.9 Å². The average Bonchev–Trinajstić information content (AvgIpc) is 1.53. The quantitative estimate of drug-likeness (QED) is 0.00865. The number of likely N-dealkylation sites (tertiary alicyclic amines) is 1. The first kappa shape index (κ1) is 98.6. The molecule has 14 unspecified atom stereocenters. The second-order valence-electron chi connectivity index (χ2n) is 30.0. The molecule has 4 amide bonds. The molecule has 14 atom stereocenters. The van der Waals surface area contributed by atoms with E-state index in [1.807, 2.05) is 0 Å². The van der Waals surface area contributed by atoms with Crippen LogP contribution in [0.15, 0.2) is 139 Å². The maximum Gasteiger partial charge on any atom is 0.325 e. The summed E-state index contributed by atoms with van der Waals surface area (Å²) in [6.07, 6.45) is -3.57. The molecule has 0 bridgehead atoms. The number of hydrogen-bond donors (Lipinski definition) is 20. The number of guanidine groups is 1. The van der Waals surface area contributed by atoms with Crippen molar-refractivity contribution < 1.29 is 108 Å². The fraction of sp³-hybridized carbons (Fsp3) is 0.513. The van der Waals surface area contributed by atoms with E-state index in [4.69, 9.17) is 26.7 Å². The van der Waals surface area contributed by atoms with E-state index in [0.29, 0.717) is 55.1 Å². The van der Waals surface area contributed by atoms with E-state index in [0.717, 1.165) is 32.4 Å². The number of aromatic nitrogens is 1. The minimum atomic E-state index is -5.40. The molecule has 6 rings (SSSR count). The maximum absolute atomic E-state index is 15.3. The molecule has 0 saturated carbocycles. The Balaban J connectivity index is 1.49. The zero-order chi connectivity index (χ0) is 90.7. The van der Waals surface area contributed by atoms with Crippen molar-refractivity contribution >= 4 is 144 Å². The first-order chi connectivity index (χ1) is 57.4. The van der Waals surface area contributed by atoms with Crippen LogP contribution in [0.25, 0.3) is 10.9 Å². The molecule has 0 radical (unpaired) electrons. The number of nitrogens with zero attached hydrogens (tertiary/aromatic N) is 14. The van der Waals surface area contributed by atoms with Gasteiger partial charge in [-0.15, -0.1) is 0 Å². The highest BCUT2D eigenvalue weighted by Crippen LogP contribution is 2.28. The molecule has 3 aromatic carbocycles. The van der Waals surface area contributed by atoms with E-state index >= 15 is 4.79 Å². The first-order valence-electron chi connectivity index (χ1n) is 38.8. The van der Waals surface area contributed by atoms with Crippen molar-refractivity contribution in [3.05, 3.63) is 106 Å². The summed E-state index contributed by atoms with van der Waals surface area (Å²) in [5, 5.41) is 175. The standard InChI is InChI=1S/C78H109BrN20O22S/c1-40(2)62(93-74(114)63(41(3)4)92-72(112)57-22-16-30-99(57)75(115)54(90-66(106)42(5)86-39-100)32-46-23-25-48(79)26-24-46)73(113)89-53(33-47-34-85-50-20-14-13-19-49(47)50)68(108)87-51(21-15-29-84-78(82)83)67(107)91-55(38-122(118,119)120)70(110)95-65-44(7)121-61(105)37-96(8)60(104)36-98(35-59(81)103)77(117)64(43(6)101)94-69(109)52(31-45-17-11-10-12-18-45)88-71(111)56(27-28-58(80)102)97(9)76(65)116/h10-14,17-20,23-26,34,39-44,51-57,62-65,85,101H,15-16,21-22,27-33,35-38H2,1-9H3,(H2,80,102)(H2,81,103)(H,86,100)(H,87,108)(H,88,111)(H,89,113)(H,90,106)(H,91,107)(H,92,112)(H,93,114)(H,94,109)(H,95,110)(H4,82,83,84)(H,118,119,120). The van der Waals surface area contributed by atoms with Crippen LogP contribution in [0.4, 0.5) is 0 Å².